The third-order valence-corrected chi connectivity index (χ3v) is 5.73. The smallest absolute Gasteiger partial charge is 0.228 e. The minimum atomic E-state index is -0.376. The number of aryl methyl sites for hydroxylation is 1. The maximum absolute atomic E-state index is 12.6. The van der Waals surface area contributed by atoms with Gasteiger partial charge in [-0.05, 0) is 26.3 Å². The molecule has 1 fully saturated rings. The Morgan fingerprint density at radius 2 is 1.90 bits per heavy atom. The predicted octanol–water partition coefficient (Wildman–Crippen LogP) is 3.27. The molecule has 3 atom stereocenters. The lowest BCUT2D eigenvalue weighted by atomic mass is 10.0. The zero-order valence-electron chi connectivity index (χ0n) is 18.0. The van der Waals surface area contributed by atoms with Crippen molar-refractivity contribution >= 4 is 28.3 Å². The Balaban J connectivity index is 1.58. The number of benzene rings is 1. The van der Waals surface area contributed by atoms with E-state index in [1.165, 1.54) is 18.3 Å². The molecule has 8 heteroatoms. The molecule has 3 unspecified atom stereocenters. The van der Waals surface area contributed by atoms with Gasteiger partial charge in [-0.25, -0.2) is 4.98 Å². The highest BCUT2D eigenvalue weighted by Gasteiger charge is 2.23. The van der Waals surface area contributed by atoms with Crippen LogP contribution in [0, 0.1) is 6.92 Å². The average Bonchev–Trinajstić information content (AvgIpc) is 3.07. The molecule has 0 radical (unpaired) electrons. The summed E-state index contributed by atoms with van der Waals surface area (Å²) in [5.74, 6) is -0.345. The molecule has 1 aliphatic heterocycles. The van der Waals surface area contributed by atoms with Crippen LogP contribution in [0.1, 0.15) is 50.1 Å². The number of hydrogen-bond donors (Lipinski definition) is 2. The van der Waals surface area contributed by atoms with Crippen molar-refractivity contribution in [1.82, 2.24) is 15.2 Å². The van der Waals surface area contributed by atoms with Crippen LogP contribution in [-0.2, 0) is 20.9 Å². The second kappa shape index (κ2) is 10.1. The second-order valence-electron chi connectivity index (χ2n) is 8.01. The van der Waals surface area contributed by atoms with Gasteiger partial charge in [0.05, 0.1) is 30.4 Å². The Bertz CT molecular complexity index is 858. The van der Waals surface area contributed by atoms with E-state index in [1.54, 1.807) is 0 Å². The average molecular weight is 431 g/mol. The number of anilines is 1. The molecular weight excluding hydrogens is 400 g/mol. The number of rotatable bonds is 7. The molecule has 2 N–H and O–H groups in total. The van der Waals surface area contributed by atoms with Crippen LogP contribution in [0.4, 0.5) is 5.13 Å². The fourth-order valence-corrected chi connectivity index (χ4v) is 4.45. The van der Waals surface area contributed by atoms with E-state index in [1.807, 2.05) is 36.6 Å². The van der Waals surface area contributed by atoms with Gasteiger partial charge in [-0.1, -0.05) is 29.8 Å². The minimum absolute atomic E-state index is 0.149. The van der Waals surface area contributed by atoms with Gasteiger partial charge < -0.3 is 15.4 Å². The van der Waals surface area contributed by atoms with E-state index in [4.69, 9.17) is 4.74 Å². The zero-order chi connectivity index (χ0) is 21.7. The van der Waals surface area contributed by atoms with E-state index in [0.717, 1.165) is 36.5 Å². The van der Waals surface area contributed by atoms with Gasteiger partial charge in [0.2, 0.25) is 11.8 Å². The van der Waals surface area contributed by atoms with Crippen LogP contribution in [0.5, 0.6) is 0 Å². The van der Waals surface area contributed by atoms with E-state index in [2.05, 4.69) is 34.4 Å². The van der Waals surface area contributed by atoms with E-state index >= 15 is 0 Å². The van der Waals surface area contributed by atoms with Gasteiger partial charge in [0.1, 0.15) is 0 Å². The van der Waals surface area contributed by atoms with Gasteiger partial charge in [0.15, 0.2) is 5.13 Å². The van der Waals surface area contributed by atoms with Gasteiger partial charge in [-0.15, -0.1) is 11.3 Å². The summed E-state index contributed by atoms with van der Waals surface area (Å²) in [5.41, 5.74) is 2.97. The third-order valence-electron chi connectivity index (χ3n) is 4.93. The molecule has 30 heavy (non-hydrogen) atoms. The molecule has 2 heterocycles. The zero-order valence-corrected chi connectivity index (χ0v) is 18.8. The summed E-state index contributed by atoms with van der Waals surface area (Å²) < 4.78 is 5.77. The van der Waals surface area contributed by atoms with E-state index in [0.29, 0.717) is 5.13 Å². The van der Waals surface area contributed by atoms with E-state index < -0.39 is 0 Å². The minimum Gasteiger partial charge on any atom is -0.373 e. The van der Waals surface area contributed by atoms with Gasteiger partial charge in [0.25, 0.3) is 0 Å². The third kappa shape index (κ3) is 6.62. The summed E-state index contributed by atoms with van der Waals surface area (Å²) in [6.45, 7) is 10.1. The topological polar surface area (TPSA) is 83.6 Å². The van der Waals surface area contributed by atoms with Crippen LogP contribution in [0.15, 0.2) is 29.6 Å². The summed E-state index contributed by atoms with van der Waals surface area (Å²) in [4.78, 5) is 31.1. The highest BCUT2D eigenvalue weighted by molar-refractivity contribution is 7.13. The first-order valence-corrected chi connectivity index (χ1v) is 11.1. The number of thiazole rings is 1. The summed E-state index contributed by atoms with van der Waals surface area (Å²) in [6.07, 6.45) is 0.564. The fraction of sp³-hybridized carbons (Fsp3) is 0.500. The van der Waals surface area contributed by atoms with Crippen LogP contribution < -0.4 is 10.6 Å². The van der Waals surface area contributed by atoms with Crippen molar-refractivity contribution in [2.75, 3.05) is 18.4 Å². The first-order chi connectivity index (χ1) is 14.3. The van der Waals surface area contributed by atoms with E-state index in [9.17, 15) is 9.59 Å². The number of ether oxygens (including phenoxy) is 1. The second-order valence-corrected chi connectivity index (χ2v) is 8.87. The van der Waals surface area contributed by atoms with Gasteiger partial charge in [0, 0.05) is 31.9 Å². The van der Waals surface area contributed by atoms with Crippen LogP contribution in [0.3, 0.4) is 0 Å². The molecule has 0 bridgehead atoms. The molecule has 1 aromatic heterocycles. The highest BCUT2D eigenvalue weighted by Crippen LogP contribution is 2.22. The summed E-state index contributed by atoms with van der Waals surface area (Å²) >= 11 is 1.42. The SMILES string of the molecule is CC(=O)NC(CC(=O)Nc1nc(CN2CC(C)OC(C)C2)cs1)c1ccc(C)cc1. The quantitative estimate of drug-likeness (QED) is 0.704. The maximum atomic E-state index is 12.6. The monoisotopic (exact) mass is 430 g/mol. The molecule has 1 aromatic carbocycles. The molecule has 1 saturated heterocycles. The number of carbonyl (C=O) groups excluding carboxylic acids is 2. The number of aromatic nitrogens is 1. The van der Waals surface area contributed by atoms with Crippen molar-refractivity contribution in [3.05, 3.63) is 46.5 Å². The van der Waals surface area contributed by atoms with Gasteiger partial charge in [-0.3, -0.25) is 14.5 Å². The Morgan fingerprint density at radius 1 is 1.23 bits per heavy atom. The Labute approximate surface area is 181 Å². The highest BCUT2D eigenvalue weighted by atomic mass is 32.1. The largest absolute Gasteiger partial charge is 0.373 e. The van der Waals surface area contributed by atoms with Crippen LogP contribution in [0.2, 0.25) is 0 Å². The standard InChI is InChI=1S/C22H30N4O3S/c1-14-5-7-18(8-6-14)20(23-17(4)27)9-21(28)25-22-24-19(13-30-22)12-26-10-15(2)29-16(3)11-26/h5-8,13,15-16,20H,9-12H2,1-4H3,(H,23,27)(H,24,25,28). The molecule has 162 valence electrons. The Kier molecular flexibility index (Phi) is 7.58. The van der Waals surface area contributed by atoms with Gasteiger partial charge >= 0.3 is 0 Å². The van der Waals surface area contributed by atoms with Crippen LogP contribution in [-0.4, -0.2) is 47.0 Å². The lowest BCUT2D eigenvalue weighted by Crippen LogP contribution is -2.44. The summed E-state index contributed by atoms with van der Waals surface area (Å²) in [7, 11) is 0. The number of amides is 2. The first kappa shape index (κ1) is 22.4. The Hall–Kier alpha value is -2.29. The maximum Gasteiger partial charge on any atom is 0.228 e. The summed E-state index contributed by atoms with van der Waals surface area (Å²) in [5, 5.41) is 8.30. The predicted molar refractivity (Wildman–Crippen MR) is 118 cm³/mol. The van der Waals surface area contributed by atoms with Crippen molar-refractivity contribution in [1.29, 1.82) is 0 Å². The molecule has 0 aliphatic carbocycles. The molecular formula is C22H30N4O3S. The number of carbonyl (C=O) groups is 2. The molecule has 2 amide bonds. The molecule has 7 nitrogen and oxygen atoms in total. The first-order valence-electron chi connectivity index (χ1n) is 10.2. The number of hydrogen-bond acceptors (Lipinski definition) is 6. The Morgan fingerprint density at radius 3 is 2.53 bits per heavy atom. The molecule has 3 rings (SSSR count). The lowest BCUT2D eigenvalue weighted by molar-refractivity contribution is -0.120. The molecule has 2 aromatic rings. The van der Waals surface area contributed by atoms with Crippen molar-refractivity contribution in [3.63, 3.8) is 0 Å². The van der Waals surface area contributed by atoms with Crippen molar-refractivity contribution < 1.29 is 14.3 Å². The van der Waals surface area contributed by atoms with Crippen LogP contribution >= 0.6 is 11.3 Å². The fourth-order valence-electron chi connectivity index (χ4n) is 3.73. The number of nitrogens with one attached hydrogen (secondary N) is 2. The van der Waals surface area contributed by atoms with Crippen molar-refractivity contribution in [3.8, 4) is 0 Å². The molecule has 1 aliphatic rings. The van der Waals surface area contributed by atoms with Gasteiger partial charge in [-0.2, -0.15) is 0 Å². The summed E-state index contributed by atoms with van der Waals surface area (Å²) in [6, 6.07) is 7.45. The molecule has 0 saturated carbocycles. The molecule has 0 spiro atoms. The normalized spacial score (nSPS) is 20.5. The number of morpholine rings is 1. The number of nitrogens with zero attached hydrogens (tertiary/aromatic N) is 2. The van der Waals surface area contributed by atoms with E-state index in [-0.39, 0.29) is 36.5 Å². The van der Waals surface area contributed by atoms with Crippen LogP contribution in [0.25, 0.3) is 0 Å². The lowest BCUT2D eigenvalue weighted by Gasteiger charge is -2.34. The van der Waals surface area contributed by atoms with Crippen molar-refractivity contribution in [2.24, 2.45) is 0 Å². The van der Waals surface area contributed by atoms with Crippen molar-refractivity contribution in [2.45, 2.75) is 58.9 Å².